The Morgan fingerprint density at radius 1 is 1.32 bits per heavy atom. The van der Waals surface area contributed by atoms with Crippen LogP contribution in [0.25, 0.3) is 0 Å². The molecule has 0 bridgehead atoms. The zero-order chi connectivity index (χ0) is 13.2. The van der Waals surface area contributed by atoms with Gasteiger partial charge < -0.3 is 14.5 Å². The number of hydrogen-bond donors (Lipinski definition) is 1. The molecule has 3 heteroatoms. The summed E-state index contributed by atoms with van der Waals surface area (Å²) in [5, 5.41) is 3.51. The molecule has 100 valence electrons. The van der Waals surface area contributed by atoms with Gasteiger partial charge in [0.1, 0.15) is 11.5 Å². The summed E-state index contributed by atoms with van der Waals surface area (Å²) in [5.74, 6) is 1.89. The molecular weight excluding hydrogens is 238 g/mol. The van der Waals surface area contributed by atoms with Crippen LogP contribution in [-0.2, 0) is 6.42 Å². The van der Waals surface area contributed by atoms with E-state index in [1.54, 1.807) is 6.26 Å². The molecule has 3 nitrogen and oxygen atoms in total. The molecule has 1 unspecified atom stereocenters. The highest BCUT2D eigenvalue weighted by molar-refractivity contribution is 5.42. The van der Waals surface area contributed by atoms with Crippen LogP contribution in [-0.4, -0.2) is 12.6 Å². The summed E-state index contributed by atoms with van der Waals surface area (Å²) in [6.07, 6.45) is 2.96. The third kappa shape index (κ3) is 2.51. The first kappa shape index (κ1) is 12.3. The third-order valence-corrected chi connectivity index (χ3v) is 3.37. The Balaban J connectivity index is 1.97. The normalized spacial score (nSPS) is 18.4. The minimum atomic E-state index is 0.134. The molecule has 1 aliphatic rings. The SMILES string of the molecule is CC(C)Oc1ccc2c(c1)C(c1ccco1)NCC2. The minimum absolute atomic E-state index is 0.134. The van der Waals surface area contributed by atoms with Gasteiger partial charge in [0.15, 0.2) is 0 Å². The summed E-state index contributed by atoms with van der Waals surface area (Å²) in [4.78, 5) is 0. The van der Waals surface area contributed by atoms with Crippen LogP contribution in [0.5, 0.6) is 5.75 Å². The smallest absolute Gasteiger partial charge is 0.125 e. The van der Waals surface area contributed by atoms with Crippen molar-refractivity contribution >= 4 is 0 Å². The van der Waals surface area contributed by atoms with Crippen LogP contribution in [0.4, 0.5) is 0 Å². The zero-order valence-electron chi connectivity index (χ0n) is 11.3. The maximum Gasteiger partial charge on any atom is 0.125 e. The van der Waals surface area contributed by atoms with Crippen molar-refractivity contribution in [2.75, 3.05) is 6.54 Å². The van der Waals surface area contributed by atoms with Crippen LogP contribution in [0.15, 0.2) is 41.0 Å². The molecule has 1 aromatic heterocycles. The van der Waals surface area contributed by atoms with Gasteiger partial charge in [-0.1, -0.05) is 6.07 Å². The molecule has 2 heterocycles. The first-order valence-corrected chi connectivity index (χ1v) is 6.80. The molecule has 0 radical (unpaired) electrons. The lowest BCUT2D eigenvalue weighted by Crippen LogP contribution is -2.30. The molecule has 19 heavy (non-hydrogen) atoms. The first-order valence-electron chi connectivity index (χ1n) is 6.80. The van der Waals surface area contributed by atoms with Crippen LogP contribution in [0.3, 0.4) is 0 Å². The van der Waals surface area contributed by atoms with E-state index in [-0.39, 0.29) is 12.1 Å². The van der Waals surface area contributed by atoms with Gasteiger partial charge in [0, 0.05) is 6.54 Å². The number of benzene rings is 1. The fraction of sp³-hybridized carbons (Fsp3) is 0.375. The largest absolute Gasteiger partial charge is 0.491 e. The summed E-state index contributed by atoms with van der Waals surface area (Å²) in [7, 11) is 0. The van der Waals surface area contributed by atoms with Crippen molar-refractivity contribution in [3.05, 3.63) is 53.5 Å². The fourth-order valence-electron chi connectivity index (χ4n) is 2.59. The van der Waals surface area contributed by atoms with Crippen LogP contribution in [0.1, 0.15) is 36.8 Å². The second-order valence-electron chi connectivity index (χ2n) is 5.18. The molecule has 3 rings (SSSR count). The van der Waals surface area contributed by atoms with Crippen molar-refractivity contribution in [1.29, 1.82) is 0 Å². The molecule has 0 saturated carbocycles. The standard InChI is InChI=1S/C16H19NO2/c1-11(2)19-13-6-5-12-7-8-17-16(14(12)10-13)15-4-3-9-18-15/h3-6,9-11,16-17H,7-8H2,1-2H3. The van der Waals surface area contributed by atoms with E-state index in [2.05, 4.69) is 23.5 Å². The molecule has 1 aromatic carbocycles. The topological polar surface area (TPSA) is 34.4 Å². The van der Waals surface area contributed by atoms with Crippen LogP contribution < -0.4 is 10.1 Å². The Bertz CT molecular complexity index is 546. The Kier molecular flexibility index (Phi) is 3.30. The van der Waals surface area contributed by atoms with Crippen molar-refractivity contribution in [3.8, 4) is 5.75 Å². The molecule has 0 aliphatic carbocycles. The lowest BCUT2D eigenvalue weighted by atomic mass is 9.92. The van der Waals surface area contributed by atoms with E-state index >= 15 is 0 Å². The van der Waals surface area contributed by atoms with E-state index in [0.29, 0.717) is 0 Å². The van der Waals surface area contributed by atoms with E-state index in [1.165, 1.54) is 11.1 Å². The van der Waals surface area contributed by atoms with E-state index in [0.717, 1.165) is 24.5 Å². The number of ether oxygens (including phenoxy) is 1. The van der Waals surface area contributed by atoms with Crippen molar-refractivity contribution in [2.45, 2.75) is 32.4 Å². The minimum Gasteiger partial charge on any atom is -0.491 e. The molecule has 0 spiro atoms. The van der Waals surface area contributed by atoms with Crippen LogP contribution in [0.2, 0.25) is 0 Å². The monoisotopic (exact) mass is 257 g/mol. The summed E-state index contributed by atoms with van der Waals surface area (Å²) in [6.45, 7) is 5.06. The summed E-state index contributed by atoms with van der Waals surface area (Å²) in [5.41, 5.74) is 2.63. The Morgan fingerprint density at radius 2 is 2.21 bits per heavy atom. The predicted octanol–water partition coefficient (Wildman–Crippen LogP) is 3.30. The van der Waals surface area contributed by atoms with Crippen LogP contribution in [0, 0.1) is 0 Å². The molecule has 1 N–H and O–H groups in total. The Morgan fingerprint density at radius 3 is 2.95 bits per heavy atom. The maximum atomic E-state index is 5.79. The molecule has 2 aromatic rings. The highest BCUT2D eigenvalue weighted by Gasteiger charge is 2.23. The van der Waals surface area contributed by atoms with Gasteiger partial charge in [-0.2, -0.15) is 0 Å². The molecule has 0 amide bonds. The Hall–Kier alpha value is -1.74. The van der Waals surface area contributed by atoms with Gasteiger partial charge in [0.2, 0.25) is 0 Å². The van der Waals surface area contributed by atoms with Crippen molar-refractivity contribution in [2.24, 2.45) is 0 Å². The average Bonchev–Trinajstić information content (AvgIpc) is 2.91. The van der Waals surface area contributed by atoms with Crippen molar-refractivity contribution in [1.82, 2.24) is 5.32 Å². The summed E-state index contributed by atoms with van der Waals surface area (Å²) in [6, 6.07) is 10.4. The second kappa shape index (κ2) is 5.10. The summed E-state index contributed by atoms with van der Waals surface area (Å²) >= 11 is 0. The van der Waals surface area contributed by atoms with E-state index in [4.69, 9.17) is 9.15 Å². The quantitative estimate of drug-likeness (QED) is 0.916. The molecule has 1 atom stereocenters. The van der Waals surface area contributed by atoms with E-state index < -0.39 is 0 Å². The highest BCUT2D eigenvalue weighted by Crippen LogP contribution is 2.31. The molecular formula is C16H19NO2. The summed E-state index contributed by atoms with van der Waals surface area (Å²) < 4.78 is 11.3. The van der Waals surface area contributed by atoms with Gasteiger partial charge >= 0.3 is 0 Å². The molecule has 1 aliphatic heterocycles. The van der Waals surface area contributed by atoms with Gasteiger partial charge in [0.25, 0.3) is 0 Å². The average molecular weight is 257 g/mol. The lowest BCUT2D eigenvalue weighted by Gasteiger charge is -2.26. The third-order valence-electron chi connectivity index (χ3n) is 3.37. The highest BCUT2D eigenvalue weighted by atomic mass is 16.5. The number of nitrogens with one attached hydrogen (secondary N) is 1. The van der Waals surface area contributed by atoms with Crippen molar-refractivity contribution in [3.63, 3.8) is 0 Å². The first-order chi connectivity index (χ1) is 9.24. The Labute approximate surface area is 113 Å². The maximum absolute atomic E-state index is 5.79. The van der Waals surface area contributed by atoms with Gasteiger partial charge in [-0.05, 0) is 55.7 Å². The van der Waals surface area contributed by atoms with Crippen molar-refractivity contribution < 1.29 is 9.15 Å². The number of rotatable bonds is 3. The van der Waals surface area contributed by atoms with Gasteiger partial charge in [-0.3, -0.25) is 0 Å². The predicted molar refractivity (Wildman–Crippen MR) is 74.5 cm³/mol. The second-order valence-corrected chi connectivity index (χ2v) is 5.18. The van der Waals surface area contributed by atoms with Gasteiger partial charge in [0.05, 0.1) is 18.4 Å². The number of fused-ring (bicyclic) bond motifs is 1. The fourth-order valence-corrected chi connectivity index (χ4v) is 2.59. The molecule has 0 fully saturated rings. The van der Waals surface area contributed by atoms with Crippen LogP contribution >= 0.6 is 0 Å². The van der Waals surface area contributed by atoms with Gasteiger partial charge in [-0.25, -0.2) is 0 Å². The zero-order valence-corrected chi connectivity index (χ0v) is 11.3. The van der Waals surface area contributed by atoms with E-state index in [1.807, 2.05) is 26.0 Å². The van der Waals surface area contributed by atoms with E-state index in [9.17, 15) is 0 Å². The lowest BCUT2D eigenvalue weighted by molar-refractivity contribution is 0.242. The molecule has 0 saturated heterocycles. The number of hydrogen-bond acceptors (Lipinski definition) is 3. The van der Waals surface area contributed by atoms with Gasteiger partial charge in [-0.15, -0.1) is 0 Å². The number of furan rings is 1.